The van der Waals surface area contributed by atoms with Crippen molar-refractivity contribution in [3.05, 3.63) is 63.9 Å². The Morgan fingerprint density at radius 2 is 1.87 bits per heavy atom. The average Bonchev–Trinajstić information content (AvgIpc) is 2.66. The molecule has 0 saturated carbocycles. The van der Waals surface area contributed by atoms with Crippen LogP contribution in [0.15, 0.2) is 41.7 Å². The van der Waals surface area contributed by atoms with E-state index in [1.807, 2.05) is 0 Å². The van der Waals surface area contributed by atoms with Crippen LogP contribution in [0, 0.1) is 23.0 Å². The summed E-state index contributed by atoms with van der Waals surface area (Å²) in [5, 5.41) is 22.7. The quantitative estimate of drug-likeness (QED) is 0.328. The highest BCUT2D eigenvalue weighted by Crippen LogP contribution is 2.31. The third kappa shape index (κ3) is 5.71. The third-order valence-corrected chi connectivity index (χ3v) is 4.14. The number of carbonyl (C=O) groups excluding carboxylic acids is 2. The molecule has 0 aliphatic rings. The first-order chi connectivity index (χ1) is 14.5. The van der Waals surface area contributed by atoms with Crippen LogP contribution in [-0.4, -0.2) is 23.0 Å². The van der Waals surface area contributed by atoms with Gasteiger partial charge in [0.2, 0.25) is 0 Å². The first-order valence-electron chi connectivity index (χ1n) is 8.92. The molecule has 0 aromatic heterocycles. The van der Waals surface area contributed by atoms with Crippen LogP contribution in [0.1, 0.15) is 31.1 Å². The van der Waals surface area contributed by atoms with Crippen molar-refractivity contribution in [3.8, 4) is 11.8 Å². The van der Waals surface area contributed by atoms with Crippen molar-refractivity contribution >= 4 is 34.8 Å². The molecule has 0 spiro atoms. The van der Waals surface area contributed by atoms with Gasteiger partial charge in [0.15, 0.2) is 5.57 Å². The van der Waals surface area contributed by atoms with E-state index < -0.39 is 46.6 Å². The fraction of sp³-hybridized carbons (Fsp3) is 0.190. The molecule has 0 bridgehead atoms. The lowest BCUT2D eigenvalue weighted by Gasteiger charge is -2.17. The molecule has 3 N–H and O–H groups in total. The van der Waals surface area contributed by atoms with Crippen molar-refractivity contribution in [1.29, 1.82) is 5.26 Å². The van der Waals surface area contributed by atoms with Gasteiger partial charge in [-0.2, -0.15) is 5.26 Å². The van der Waals surface area contributed by atoms with Crippen LogP contribution in [0.5, 0.6) is 5.75 Å². The summed E-state index contributed by atoms with van der Waals surface area (Å²) in [5.74, 6) is -4.42. The maximum Gasteiger partial charge on any atom is 0.269 e. The lowest BCUT2D eigenvalue weighted by molar-refractivity contribution is -0.112. The molecular weight excluding hydrogens is 432 g/mol. The number of nitrogens with zero attached hydrogens (tertiary/aromatic N) is 1. The van der Waals surface area contributed by atoms with Crippen LogP contribution in [0.25, 0.3) is 0 Å². The summed E-state index contributed by atoms with van der Waals surface area (Å²) >= 11 is 5.91. The molecule has 0 atom stereocenters. The fourth-order valence-corrected chi connectivity index (χ4v) is 2.67. The second kappa shape index (κ2) is 9.91. The number of amides is 2. The predicted molar refractivity (Wildman–Crippen MR) is 111 cm³/mol. The van der Waals surface area contributed by atoms with Gasteiger partial charge in [0.1, 0.15) is 29.2 Å². The normalized spacial score (nSPS) is 11.4. The standard InChI is InChI=1S/C21H18ClF2N3O4/c1-10(2)31-18-8-17(26-21(30)13(9-25)11(3)28)16(24)7-12(18)20(29)27-19-14(22)5-4-6-15(19)23/h4-8,10,28H,1-3H3,(H,26,30)(H,27,29)/b13-11-. The molecule has 0 aliphatic carbocycles. The first-order valence-corrected chi connectivity index (χ1v) is 9.29. The van der Waals surface area contributed by atoms with Gasteiger partial charge in [-0.1, -0.05) is 17.7 Å². The Morgan fingerprint density at radius 3 is 2.42 bits per heavy atom. The van der Waals surface area contributed by atoms with Gasteiger partial charge >= 0.3 is 0 Å². The monoisotopic (exact) mass is 449 g/mol. The van der Waals surface area contributed by atoms with Gasteiger partial charge in [0, 0.05) is 6.07 Å². The number of anilines is 2. The van der Waals surface area contributed by atoms with Crippen molar-refractivity contribution in [2.45, 2.75) is 26.9 Å². The van der Waals surface area contributed by atoms with Gasteiger partial charge in [0.25, 0.3) is 11.8 Å². The SMILES string of the molecule is C/C(O)=C(\C#N)C(=O)Nc1cc(OC(C)C)c(C(=O)Nc2c(F)cccc2Cl)cc1F. The molecule has 0 aliphatic heterocycles. The number of aliphatic hydroxyl groups is 1. The Bertz CT molecular complexity index is 1090. The Labute approximate surface area is 181 Å². The van der Waals surface area contributed by atoms with Crippen LogP contribution in [0.3, 0.4) is 0 Å². The number of carbonyl (C=O) groups is 2. The molecular formula is C21H18ClF2N3O4. The molecule has 162 valence electrons. The van der Waals surface area contributed by atoms with Crippen molar-refractivity contribution in [3.63, 3.8) is 0 Å². The highest BCUT2D eigenvalue weighted by molar-refractivity contribution is 6.34. The lowest BCUT2D eigenvalue weighted by atomic mass is 10.1. The molecule has 31 heavy (non-hydrogen) atoms. The zero-order valence-corrected chi connectivity index (χ0v) is 17.5. The number of para-hydroxylation sites is 1. The number of hydrogen-bond donors (Lipinski definition) is 3. The fourth-order valence-electron chi connectivity index (χ4n) is 2.46. The molecule has 2 rings (SSSR count). The Hall–Kier alpha value is -3.64. The zero-order valence-electron chi connectivity index (χ0n) is 16.7. The Balaban J connectivity index is 2.46. The van der Waals surface area contributed by atoms with E-state index in [1.54, 1.807) is 13.8 Å². The van der Waals surface area contributed by atoms with Crippen molar-refractivity contribution < 1.29 is 28.2 Å². The maximum atomic E-state index is 14.6. The number of ether oxygens (including phenoxy) is 1. The highest BCUT2D eigenvalue weighted by Gasteiger charge is 2.22. The number of halogens is 3. The van der Waals surface area contributed by atoms with E-state index in [2.05, 4.69) is 10.6 Å². The Morgan fingerprint density at radius 1 is 1.19 bits per heavy atom. The minimum Gasteiger partial charge on any atom is -0.511 e. The molecule has 7 nitrogen and oxygen atoms in total. The van der Waals surface area contributed by atoms with Gasteiger partial charge in [-0.05, 0) is 39.0 Å². The summed E-state index contributed by atoms with van der Waals surface area (Å²) in [5.41, 5.74) is -1.57. The van der Waals surface area contributed by atoms with Crippen LogP contribution in [0.2, 0.25) is 5.02 Å². The number of nitrogens with one attached hydrogen (secondary N) is 2. The highest BCUT2D eigenvalue weighted by atomic mass is 35.5. The third-order valence-electron chi connectivity index (χ3n) is 3.83. The number of hydrogen-bond acceptors (Lipinski definition) is 5. The van der Waals surface area contributed by atoms with Gasteiger partial charge in [-0.3, -0.25) is 9.59 Å². The number of rotatable bonds is 6. The average molecular weight is 450 g/mol. The summed E-state index contributed by atoms with van der Waals surface area (Å²) in [6.45, 7) is 4.44. The second-order valence-electron chi connectivity index (χ2n) is 6.57. The van der Waals surface area contributed by atoms with Crippen molar-refractivity contribution in [1.82, 2.24) is 0 Å². The predicted octanol–water partition coefficient (Wildman–Crippen LogP) is 4.95. The van der Waals surface area contributed by atoms with Gasteiger partial charge in [0.05, 0.1) is 28.1 Å². The van der Waals surface area contributed by atoms with E-state index in [-0.39, 0.29) is 22.0 Å². The first kappa shape index (κ1) is 23.6. The van der Waals surface area contributed by atoms with Crippen LogP contribution in [-0.2, 0) is 4.79 Å². The number of allylic oxidation sites excluding steroid dienone is 1. The van der Waals surface area contributed by atoms with Crippen LogP contribution < -0.4 is 15.4 Å². The molecule has 2 amide bonds. The summed E-state index contributed by atoms with van der Waals surface area (Å²) in [6.07, 6.45) is -0.438. The number of aliphatic hydroxyl groups excluding tert-OH is 1. The minimum atomic E-state index is -1.05. The zero-order chi connectivity index (χ0) is 23.3. The van der Waals surface area contributed by atoms with E-state index in [1.165, 1.54) is 18.2 Å². The van der Waals surface area contributed by atoms with Crippen LogP contribution in [0.4, 0.5) is 20.2 Å². The number of benzene rings is 2. The lowest BCUT2D eigenvalue weighted by Crippen LogP contribution is -2.19. The smallest absolute Gasteiger partial charge is 0.269 e. The molecule has 2 aromatic rings. The van der Waals surface area contributed by atoms with E-state index in [0.717, 1.165) is 25.1 Å². The van der Waals surface area contributed by atoms with Gasteiger partial charge < -0.3 is 20.5 Å². The van der Waals surface area contributed by atoms with Crippen molar-refractivity contribution in [2.75, 3.05) is 10.6 Å². The largest absolute Gasteiger partial charge is 0.511 e. The van der Waals surface area contributed by atoms with E-state index in [9.17, 15) is 23.5 Å². The van der Waals surface area contributed by atoms with Crippen molar-refractivity contribution in [2.24, 2.45) is 0 Å². The van der Waals surface area contributed by atoms with E-state index in [4.69, 9.17) is 21.6 Å². The maximum absolute atomic E-state index is 14.6. The molecule has 2 aromatic carbocycles. The second-order valence-corrected chi connectivity index (χ2v) is 6.98. The van der Waals surface area contributed by atoms with E-state index in [0.29, 0.717) is 0 Å². The summed E-state index contributed by atoms with van der Waals surface area (Å²) in [6, 6.07) is 7.17. The molecule has 0 radical (unpaired) electrons. The Kier molecular flexibility index (Phi) is 7.56. The summed E-state index contributed by atoms with van der Waals surface area (Å²) < 4.78 is 34.2. The summed E-state index contributed by atoms with van der Waals surface area (Å²) in [4.78, 5) is 24.8. The van der Waals surface area contributed by atoms with Crippen LogP contribution >= 0.6 is 11.6 Å². The topological polar surface area (TPSA) is 111 Å². The van der Waals surface area contributed by atoms with Gasteiger partial charge in [-0.25, -0.2) is 8.78 Å². The molecule has 0 unspecified atom stereocenters. The minimum absolute atomic E-state index is 0.0563. The molecule has 0 heterocycles. The molecule has 10 heteroatoms. The molecule has 0 saturated heterocycles. The van der Waals surface area contributed by atoms with E-state index >= 15 is 0 Å². The summed E-state index contributed by atoms with van der Waals surface area (Å²) in [7, 11) is 0. The van der Waals surface area contributed by atoms with Gasteiger partial charge in [-0.15, -0.1) is 0 Å². The number of nitriles is 1. The molecule has 0 fully saturated rings.